The summed E-state index contributed by atoms with van der Waals surface area (Å²) in [7, 11) is 3.13. The maximum absolute atomic E-state index is 12.1. The van der Waals surface area contributed by atoms with Crippen molar-refractivity contribution >= 4 is 11.8 Å². The number of hydrogen-bond donors (Lipinski definition) is 2. The van der Waals surface area contributed by atoms with Gasteiger partial charge in [-0.2, -0.15) is 0 Å². The summed E-state index contributed by atoms with van der Waals surface area (Å²) in [6, 6.07) is 13.5. The number of hydrogen-bond acceptors (Lipinski definition) is 4. The molecule has 0 heterocycles. The predicted octanol–water partition coefficient (Wildman–Crippen LogP) is 2.42. The molecule has 6 heteroatoms. The number of rotatable bonds is 10. The summed E-state index contributed by atoms with van der Waals surface area (Å²) in [6.07, 6.45) is 1.38. The van der Waals surface area contributed by atoms with Gasteiger partial charge in [0.05, 0.1) is 20.6 Å². The van der Waals surface area contributed by atoms with E-state index in [1.807, 2.05) is 37.3 Å². The van der Waals surface area contributed by atoms with E-state index in [0.717, 1.165) is 11.1 Å². The molecule has 0 aromatic heterocycles. The Balaban J connectivity index is 1.65. The van der Waals surface area contributed by atoms with E-state index in [0.29, 0.717) is 37.4 Å². The lowest BCUT2D eigenvalue weighted by Gasteiger charge is -2.10. The lowest BCUT2D eigenvalue weighted by Crippen LogP contribution is -2.35. The minimum absolute atomic E-state index is 0.0188. The van der Waals surface area contributed by atoms with Gasteiger partial charge >= 0.3 is 0 Å². The van der Waals surface area contributed by atoms with Gasteiger partial charge in [0.25, 0.3) is 0 Å². The van der Waals surface area contributed by atoms with Gasteiger partial charge in [-0.3, -0.25) is 9.59 Å². The summed E-state index contributed by atoms with van der Waals surface area (Å²) in [5.41, 5.74) is 3.18. The Morgan fingerprint density at radius 2 is 1.43 bits per heavy atom. The number of ether oxygens (including phenoxy) is 2. The fraction of sp³-hybridized carbons (Fsp3) is 0.364. The smallest absolute Gasteiger partial charge is 0.224 e. The highest BCUT2D eigenvalue weighted by molar-refractivity contribution is 5.79. The minimum atomic E-state index is -0.110. The molecule has 0 atom stereocenters. The van der Waals surface area contributed by atoms with E-state index in [-0.39, 0.29) is 18.2 Å². The highest BCUT2D eigenvalue weighted by Crippen LogP contribution is 2.27. The topological polar surface area (TPSA) is 76.7 Å². The number of nitrogens with one attached hydrogen (secondary N) is 2. The summed E-state index contributed by atoms with van der Waals surface area (Å²) >= 11 is 0. The van der Waals surface area contributed by atoms with Crippen LogP contribution < -0.4 is 20.1 Å². The Morgan fingerprint density at radius 3 is 2.07 bits per heavy atom. The molecule has 2 rings (SSSR count). The number of benzene rings is 2. The van der Waals surface area contributed by atoms with Crippen LogP contribution in [-0.2, 0) is 22.4 Å². The monoisotopic (exact) mass is 384 g/mol. The number of amides is 2. The van der Waals surface area contributed by atoms with Crippen LogP contribution in [0.15, 0.2) is 42.5 Å². The fourth-order valence-corrected chi connectivity index (χ4v) is 2.74. The SMILES string of the molecule is COc1ccc(CC(=O)NCCNC(=O)CCc2ccc(C)cc2)cc1OC. The highest BCUT2D eigenvalue weighted by atomic mass is 16.5. The molecule has 0 saturated carbocycles. The minimum Gasteiger partial charge on any atom is -0.493 e. The van der Waals surface area contributed by atoms with Crippen molar-refractivity contribution in [2.75, 3.05) is 27.3 Å². The summed E-state index contributed by atoms with van der Waals surface area (Å²) in [4.78, 5) is 24.0. The molecular formula is C22H28N2O4. The Morgan fingerprint density at radius 1 is 0.821 bits per heavy atom. The molecule has 6 nitrogen and oxygen atoms in total. The molecule has 0 spiro atoms. The Hall–Kier alpha value is -3.02. The van der Waals surface area contributed by atoms with Crippen LogP contribution in [0.25, 0.3) is 0 Å². The number of carbonyl (C=O) groups excluding carboxylic acids is 2. The van der Waals surface area contributed by atoms with Crippen molar-refractivity contribution in [1.29, 1.82) is 0 Å². The highest BCUT2D eigenvalue weighted by Gasteiger charge is 2.08. The van der Waals surface area contributed by atoms with Gasteiger partial charge in [-0.15, -0.1) is 0 Å². The van der Waals surface area contributed by atoms with Crippen molar-refractivity contribution in [3.8, 4) is 11.5 Å². The van der Waals surface area contributed by atoms with Crippen molar-refractivity contribution in [3.63, 3.8) is 0 Å². The third-order valence-corrected chi connectivity index (χ3v) is 4.34. The molecule has 2 aromatic rings. The standard InChI is InChI=1S/C22H28N2O4/c1-16-4-6-17(7-5-16)9-11-21(25)23-12-13-24-22(26)15-18-8-10-19(27-2)20(14-18)28-3/h4-8,10,14H,9,11-13,15H2,1-3H3,(H,23,25)(H,24,26). The molecule has 0 aliphatic heterocycles. The molecule has 28 heavy (non-hydrogen) atoms. The van der Waals surface area contributed by atoms with E-state index in [9.17, 15) is 9.59 Å². The molecule has 0 aliphatic carbocycles. The third kappa shape index (κ3) is 6.95. The Kier molecular flexibility index (Phi) is 8.34. The van der Waals surface area contributed by atoms with E-state index in [4.69, 9.17) is 9.47 Å². The average Bonchev–Trinajstić information content (AvgIpc) is 2.70. The quantitative estimate of drug-likeness (QED) is 0.617. The second kappa shape index (κ2) is 11.0. The molecule has 0 bridgehead atoms. The van der Waals surface area contributed by atoms with Crippen molar-refractivity contribution < 1.29 is 19.1 Å². The molecule has 2 N–H and O–H groups in total. The van der Waals surface area contributed by atoms with Gasteiger partial charge < -0.3 is 20.1 Å². The zero-order valence-electron chi connectivity index (χ0n) is 16.7. The normalized spacial score (nSPS) is 10.2. The first-order valence-electron chi connectivity index (χ1n) is 9.31. The van der Waals surface area contributed by atoms with Crippen LogP contribution >= 0.6 is 0 Å². The van der Waals surface area contributed by atoms with Crippen molar-refractivity contribution in [3.05, 3.63) is 59.2 Å². The van der Waals surface area contributed by atoms with Gasteiger partial charge in [0.15, 0.2) is 11.5 Å². The van der Waals surface area contributed by atoms with Crippen LogP contribution in [0.5, 0.6) is 11.5 Å². The fourth-order valence-electron chi connectivity index (χ4n) is 2.74. The van der Waals surface area contributed by atoms with Crippen LogP contribution in [-0.4, -0.2) is 39.1 Å². The van der Waals surface area contributed by atoms with E-state index in [1.54, 1.807) is 26.4 Å². The maximum Gasteiger partial charge on any atom is 0.224 e. The van der Waals surface area contributed by atoms with E-state index in [2.05, 4.69) is 10.6 Å². The summed E-state index contributed by atoms with van der Waals surface area (Å²) in [6.45, 7) is 2.84. The number of carbonyl (C=O) groups is 2. The molecule has 0 unspecified atom stereocenters. The molecule has 2 aromatic carbocycles. The third-order valence-electron chi connectivity index (χ3n) is 4.34. The van der Waals surface area contributed by atoms with Crippen molar-refractivity contribution in [2.45, 2.75) is 26.2 Å². The first kappa shape index (κ1) is 21.3. The molecular weight excluding hydrogens is 356 g/mol. The number of methoxy groups -OCH3 is 2. The van der Waals surface area contributed by atoms with Crippen LogP contribution in [0, 0.1) is 6.92 Å². The second-order valence-electron chi connectivity index (χ2n) is 6.55. The second-order valence-corrected chi connectivity index (χ2v) is 6.55. The molecule has 0 saturated heterocycles. The van der Waals surface area contributed by atoms with Gasteiger partial charge in [0.1, 0.15) is 0 Å². The Bertz CT molecular complexity index is 788. The Labute approximate surface area is 166 Å². The summed E-state index contributed by atoms with van der Waals surface area (Å²) in [5.74, 6) is 1.09. The molecule has 150 valence electrons. The first-order chi connectivity index (χ1) is 13.5. The zero-order chi connectivity index (χ0) is 20.4. The maximum atomic E-state index is 12.1. The largest absolute Gasteiger partial charge is 0.493 e. The zero-order valence-corrected chi connectivity index (χ0v) is 16.7. The lowest BCUT2D eigenvalue weighted by molar-refractivity contribution is -0.122. The summed E-state index contributed by atoms with van der Waals surface area (Å²) < 4.78 is 10.4. The van der Waals surface area contributed by atoms with Crippen LogP contribution in [0.2, 0.25) is 0 Å². The van der Waals surface area contributed by atoms with E-state index >= 15 is 0 Å². The molecule has 0 aliphatic rings. The van der Waals surface area contributed by atoms with Gasteiger partial charge in [-0.25, -0.2) is 0 Å². The molecule has 0 fully saturated rings. The van der Waals surface area contributed by atoms with Gasteiger partial charge in [-0.05, 0) is 36.6 Å². The van der Waals surface area contributed by atoms with E-state index < -0.39 is 0 Å². The average molecular weight is 384 g/mol. The molecule has 2 amide bonds. The van der Waals surface area contributed by atoms with Gasteiger partial charge in [0, 0.05) is 19.5 Å². The summed E-state index contributed by atoms with van der Waals surface area (Å²) in [5, 5.41) is 5.63. The predicted molar refractivity (Wildman–Crippen MR) is 109 cm³/mol. The first-order valence-corrected chi connectivity index (χ1v) is 9.31. The van der Waals surface area contributed by atoms with E-state index in [1.165, 1.54) is 5.56 Å². The molecule has 0 radical (unpaired) electrons. The van der Waals surface area contributed by atoms with Crippen LogP contribution in [0.3, 0.4) is 0 Å². The van der Waals surface area contributed by atoms with Crippen LogP contribution in [0.1, 0.15) is 23.1 Å². The van der Waals surface area contributed by atoms with Crippen molar-refractivity contribution in [2.24, 2.45) is 0 Å². The van der Waals surface area contributed by atoms with Gasteiger partial charge in [-0.1, -0.05) is 35.9 Å². The number of aryl methyl sites for hydroxylation is 2. The van der Waals surface area contributed by atoms with Crippen LogP contribution in [0.4, 0.5) is 0 Å². The lowest BCUT2D eigenvalue weighted by atomic mass is 10.1. The van der Waals surface area contributed by atoms with Crippen molar-refractivity contribution in [1.82, 2.24) is 10.6 Å². The van der Waals surface area contributed by atoms with Gasteiger partial charge in [0.2, 0.25) is 11.8 Å².